The number of hydrogen-bond donors (Lipinski definition) is 0. The normalized spacial score (nSPS) is 20.9. The fourth-order valence-corrected chi connectivity index (χ4v) is 1.14. The van der Waals surface area contributed by atoms with Gasteiger partial charge in [0, 0.05) is 12.2 Å². The Labute approximate surface area is 89.8 Å². The number of nitrogens with zero attached hydrogens (tertiary/aromatic N) is 2. The minimum Gasteiger partial charge on any atom is -0.316 e. The van der Waals surface area contributed by atoms with E-state index in [0.29, 0.717) is 5.39 Å². The SMILES string of the molecule is O=C(CN1C(=O)C=CC1=O)ON1OCCO1. The van der Waals surface area contributed by atoms with E-state index in [-0.39, 0.29) is 13.2 Å². The van der Waals surface area contributed by atoms with Crippen LogP contribution in [-0.4, -0.2) is 47.8 Å². The van der Waals surface area contributed by atoms with Gasteiger partial charge in [-0.05, 0) is 0 Å². The minimum atomic E-state index is -0.827. The van der Waals surface area contributed by atoms with E-state index in [1.807, 2.05) is 0 Å². The molecule has 0 aromatic rings. The molecule has 8 nitrogen and oxygen atoms in total. The molecule has 2 rings (SSSR count). The molecule has 2 amide bonds. The van der Waals surface area contributed by atoms with E-state index in [2.05, 4.69) is 4.84 Å². The van der Waals surface area contributed by atoms with Crippen LogP contribution in [0.4, 0.5) is 0 Å². The Balaban J connectivity index is 1.82. The summed E-state index contributed by atoms with van der Waals surface area (Å²) in [7, 11) is 0. The van der Waals surface area contributed by atoms with Crippen molar-refractivity contribution in [2.45, 2.75) is 0 Å². The van der Waals surface area contributed by atoms with E-state index in [1.54, 1.807) is 0 Å². The predicted molar refractivity (Wildman–Crippen MR) is 45.7 cm³/mol. The first kappa shape index (κ1) is 10.7. The molecule has 1 fully saturated rings. The van der Waals surface area contributed by atoms with E-state index in [1.165, 1.54) is 0 Å². The van der Waals surface area contributed by atoms with Crippen molar-refractivity contribution in [2.75, 3.05) is 19.8 Å². The zero-order chi connectivity index (χ0) is 11.5. The second-order valence-electron chi connectivity index (χ2n) is 2.95. The monoisotopic (exact) mass is 228 g/mol. The van der Waals surface area contributed by atoms with Crippen LogP contribution in [0.2, 0.25) is 0 Å². The minimum absolute atomic E-state index is 0.274. The van der Waals surface area contributed by atoms with Gasteiger partial charge in [-0.3, -0.25) is 14.5 Å². The van der Waals surface area contributed by atoms with Crippen LogP contribution < -0.4 is 0 Å². The molecule has 16 heavy (non-hydrogen) atoms. The molecular weight excluding hydrogens is 220 g/mol. The van der Waals surface area contributed by atoms with Gasteiger partial charge in [0.2, 0.25) is 0 Å². The number of carbonyl (C=O) groups is 3. The van der Waals surface area contributed by atoms with Crippen molar-refractivity contribution in [3.05, 3.63) is 12.2 Å². The Morgan fingerprint density at radius 2 is 1.81 bits per heavy atom. The van der Waals surface area contributed by atoms with Crippen LogP contribution >= 0.6 is 0 Å². The second-order valence-corrected chi connectivity index (χ2v) is 2.95. The van der Waals surface area contributed by atoms with Gasteiger partial charge in [0.15, 0.2) is 0 Å². The van der Waals surface area contributed by atoms with Gasteiger partial charge >= 0.3 is 5.97 Å². The molecular formula is C8H8N2O6. The summed E-state index contributed by atoms with van der Waals surface area (Å²) in [6.45, 7) is 0.0701. The number of carbonyl (C=O) groups excluding carboxylic acids is 3. The van der Waals surface area contributed by atoms with Crippen LogP contribution in [0.5, 0.6) is 0 Å². The lowest BCUT2D eigenvalue weighted by molar-refractivity contribution is -0.460. The van der Waals surface area contributed by atoms with Crippen molar-refractivity contribution >= 4 is 17.8 Å². The highest BCUT2D eigenvalue weighted by atomic mass is 17.2. The van der Waals surface area contributed by atoms with Gasteiger partial charge < -0.3 is 4.84 Å². The van der Waals surface area contributed by atoms with Crippen molar-refractivity contribution in [1.29, 1.82) is 0 Å². The molecule has 86 valence electrons. The molecule has 1 saturated heterocycles. The maximum atomic E-state index is 11.2. The average molecular weight is 228 g/mol. The zero-order valence-electron chi connectivity index (χ0n) is 8.12. The fraction of sp³-hybridized carbons (Fsp3) is 0.375. The van der Waals surface area contributed by atoms with Crippen molar-refractivity contribution in [3.63, 3.8) is 0 Å². The number of hydrogen-bond acceptors (Lipinski definition) is 7. The number of rotatable bonds is 3. The molecule has 0 unspecified atom stereocenters. The predicted octanol–water partition coefficient (Wildman–Crippen LogP) is -1.45. The lowest BCUT2D eigenvalue weighted by Gasteiger charge is -2.14. The third kappa shape index (κ3) is 2.24. The average Bonchev–Trinajstić information content (AvgIpc) is 2.83. The van der Waals surface area contributed by atoms with Crippen molar-refractivity contribution in [1.82, 2.24) is 10.3 Å². The molecule has 0 atom stereocenters. The van der Waals surface area contributed by atoms with Crippen LogP contribution in [0.15, 0.2) is 12.2 Å². The highest BCUT2D eigenvalue weighted by Gasteiger charge is 2.28. The molecule has 0 aromatic heterocycles. The molecule has 0 radical (unpaired) electrons. The smallest absolute Gasteiger partial charge is 0.316 e. The van der Waals surface area contributed by atoms with E-state index in [4.69, 9.17) is 9.68 Å². The molecule has 2 aliphatic heterocycles. The first-order valence-corrected chi connectivity index (χ1v) is 4.47. The molecule has 8 heteroatoms. The Morgan fingerprint density at radius 1 is 1.25 bits per heavy atom. The van der Waals surface area contributed by atoms with E-state index in [9.17, 15) is 14.4 Å². The summed E-state index contributed by atoms with van der Waals surface area (Å²) in [4.78, 5) is 48.1. The van der Waals surface area contributed by atoms with Gasteiger partial charge in [-0.25, -0.2) is 14.5 Å². The maximum absolute atomic E-state index is 11.2. The summed E-state index contributed by atoms with van der Waals surface area (Å²) < 4.78 is 0. The number of amides is 2. The van der Waals surface area contributed by atoms with E-state index in [0.717, 1.165) is 17.1 Å². The standard InChI is InChI=1S/C8H8N2O6/c11-6-1-2-7(12)9(6)5-8(13)16-10-14-3-4-15-10/h1-2H,3-5H2. The molecule has 0 N–H and O–H groups in total. The van der Waals surface area contributed by atoms with Gasteiger partial charge in [0.25, 0.3) is 11.8 Å². The Hall–Kier alpha value is -1.77. The first-order valence-electron chi connectivity index (χ1n) is 4.47. The summed E-state index contributed by atoms with van der Waals surface area (Å²) in [5.41, 5.74) is 0. The zero-order valence-corrected chi connectivity index (χ0v) is 8.12. The quantitative estimate of drug-likeness (QED) is 0.546. The number of imide groups is 1. The lowest BCUT2D eigenvalue weighted by Crippen LogP contribution is -2.37. The van der Waals surface area contributed by atoms with Gasteiger partial charge in [0.05, 0.1) is 0 Å². The fourth-order valence-electron chi connectivity index (χ4n) is 1.14. The third-order valence-corrected chi connectivity index (χ3v) is 1.84. The van der Waals surface area contributed by atoms with Crippen LogP contribution in [0.1, 0.15) is 0 Å². The highest BCUT2D eigenvalue weighted by Crippen LogP contribution is 2.06. The largest absolute Gasteiger partial charge is 0.350 e. The van der Waals surface area contributed by atoms with Crippen LogP contribution in [-0.2, 0) is 28.9 Å². The van der Waals surface area contributed by atoms with Gasteiger partial charge in [-0.15, -0.1) is 0 Å². The summed E-state index contributed by atoms with van der Waals surface area (Å²) in [6.07, 6.45) is 2.16. The van der Waals surface area contributed by atoms with E-state index < -0.39 is 24.3 Å². The molecule has 0 saturated carbocycles. The molecule has 0 spiro atoms. The van der Waals surface area contributed by atoms with Crippen LogP contribution in [0.3, 0.4) is 0 Å². The maximum Gasteiger partial charge on any atom is 0.350 e. The Bertz CT molecular complexity index is 342. The summed E-state index contributed by atoms with van der Waals surface area (Å²) >= 11 is 0. The van der Waals surface area contributed by atoms with E-state index >= 15 is 0 Å². The van der Waals surface area contributed by atoms with Crippen molar-refractivity contribution in [3.8, 4) is 0 Å². The topological polar surface area (TPSA) is 85.4 Å². The van der Waals surface area contributed by atoms with Crippen LogP contribution in [0.25, 0.3) is 0 Å². The summed E-state index contributed by atoms with van der Waals surface area (Å²) in [6, 6.07) is 0. The molecule has 2 heterocycles. The van der Waals surface area contributed by atoms with Crippen molar-refractivity contribution in [2.24, 2.45) is 0 Å². The summed E-state index contributed by atoms with van der Waals surface area (Å²) in [5.74, 6) is -1.93. The molecule has 0 aliphatic carbocycles. The first-order chi connectivity index (χ1) is 7.66. The van der Waals surface area contributed by atoms with Gasteiger partial charge in [0.1, 0.15) is 25.1 Å². The lowest BCUT2D eigenvalue weighted by atomic mass is 10.5. The van der Waals surface area contributed by atoms with Crippen molar-refractivity contribution < 1.29 is 28.9 Å². The molecule has 0 aromatic carbocycles. The third-order valence-electron chi connectivity index (χ3n) is 1.84. The molecule has 0 bridgehead atoms. The second kappa shape index (κ2) is 4.39. The van der Waals surface area contributed by atoms with Gasteiger partial charge in [-0.2, -0.15) is 0 Å². The highest BCUT2D eigenvalue weighted by molar-refractivity contribution is 6.14. The Kier molecular flexibility index (Phi) is 2.95. The van der Waals surface area contributed by atoms with Gasteiger partial charge in [-0.1, -0.05) is 0 Å². The van der Waals surface area contributed by atoms with Crippen LogP contribution in [0, 0.1) is 0 Å². The Morgan fingerprint density at radius 3 is 2.38 bits per heavy atom. The summed E-state index contributed by atoms with van der Waals surface area (Å²) in [5, 5.41) is 0.556. The molecule has 2 aliphatic rings.